The number of aliphatic carboxylic acids is 1. The van der Waals surface area contributed by atoms with E-state index in [1.807, 2.05) is 0 Å². The molecule has 1 aliphatic rings. The Labute approximate surface area is 107 Å². The number of pyridine rings is 1. The number of aromatic nitrogens is 1. The van der Waals surface area contributed by atoms with Crippen LogP contribution in [0.15, 0.2) is 18.3 Å². The minimum atomic E-state index is -4.45. The van der Waals surface area contributed by atoms with Crippen molar-refractivity contribution in [2.45, 2.75) is 24.4 Å². The molecule has 2 rings (SSSR count). The van der Waals surface area contributed by atoms with Crippen molar-refractivity contribution in [3.05, 3.63) is 29.6 Å². The molecule has 0 radical (unpaired) electrons. The van der Waals surface area contributed by atoms with Gasteiger partial charge in [0.05, 0.1) is 22.6 Å². The zero-order chi connectivity index (χ0) is 12.0. The topological polar surface area (TPSA) is 53.0 Å². The van der Waals surface area contributed by atoms with Gasteiger partial charge in [-0.1, -0.05) is 0 Å². The van der Waals surface area contributed by atoms with Crippen LogP contribution in [-0.2, 0) is 16.4 Å². The summed E-state index contributed by atoms with van der Waals surface area (Å²) in [6, 6.07) is 1.94. The number of rotatable bonds is 2. The minimum Gasteiger partial charge on any atom is -0.549 e. The summed E-state index contributed by atoms with van der Waals surface area (Å²) in [6.07, 6.45) is -3.07. The smallest absolute Gasteiger partial charge is 0.549 e. The van der Waals surface area contributed by atoms with E-state index in [-0.39, 0.29) is 24.6 Å². The van der Waals surface area contributed by atoms with Gasteiger partial charge >= 0.3 is 25.0 Å². The van der Waals surface area contributed by atoms with Gasteiger partial charge in [0.15, 0.2) is 0 Å². The van der Waals surface area contributed by atoms with Crippen molar-refractivity contribution in [2.75, 3.05) is 0 Å². The third-order valence-electron chi connectivity index (χ3n) is 2.72. The maximum absolute atomic E-state index is 12.2. The van der Waals surface area contributed by atoms with Gasteiger partial charge in [0, 0.05) is 6.20 Å². The predicted molar refractivity (Wildman–Crippen MR) is 45.2 cm³/mol. The zero-order valence-corrected chi connectivity index (χ0v) is 9.04. The molecule has 0 unspecified atom stereocenters. The number of hydrogen-bond donors (Lipinski definition) is 0. The van der Waals surface area contributed by atoms with E-state index in [0.717, 1.165) is 12.1 Å². The average molecular weight is 237 g/mol. The Morgan fingerprint density at radius 3 is 2.24 bits per heavy atom. The third-order valence-corrected chi connectivity index (χ3v) is 2.72. The Balaban J connectivity index is 0.00000144. The van der Waals surface area contributed by atoms with Crippen molar-refractivity contribution in [1.29, 1.82) is 0 Å². The summed E-state index contributed by atoms with van der Waals surface area (Å²) >= 11 is 0. The van der Waals surface area contributed by atoms with Crippen LogP contribution in [0.3, 0.4) is 0 Å². The van der Waals surface area contributed by atoms with Crippen LogP contribution in [0, 0.1) is 0 Å². The van der Waals surface area contributed by atoms with E-state index in [1.54, 1.807) is 0 Å². The van der Waals surface area contributed by atoms with E-state index in [0.29, 0.717) is 19.0 Å². The first-order chi connectivity index (χ1) is 7.36. The van der Waals surface area contributed by atoms with E-state index in [1.165, 1.54) is 0 Å². The summed E-state index contributed by atoms with van der Waals surface area (Å²) in [7, 11) is 0. The molecule has 0 amide bonds. The molecule has 0 spiro atoms. The molecule has 1 heterocycles. The first-order valence-electron chi connectivity index (χ1n) is 4.61. The van der Waals surface area contributed by atoms with Crippen LogP contribution in [0.5, 0.6) is 0 Å². The third kappa shape index (κ3) is 2.48. The SMILES string of the molecule is O=C([O-])C1(c2ccc(C(F)(F)F)cn2)CC1.[Li+]. The average Bonchev–Trinajstić information content (AvgIpc) is 2.97. The number of carboxylic acids is 1. The molecule has 86 valence electrons. The summed E-state index contributed by atoms with van der Waals surface area (Å²) in [5.41, 5.74) is -1.91. The van der Waals surface area contributed by atoms with Crippen molar-refractivity contribution in [1.82, 2.24) is 4.98 Å². The van der Waals surface area contributed by atoms with Gasteiger partial charge in [0.2, 0.25) is 0 Å². The molecule has 0 bridgehead atoms. The minimum absolute atomic E-state index is 0. The van der Waals surface area contributed by atoms with Crippen LogP contribution in [0.4, 0.5) is 13.2 Å². The number of alkyl halides is 3. The van der Waals surface area contributed by atoms with Crippen molar-refractivity contribution >= 4 is 5.97 Å². The molecule has 0 atom stereocenters. The summed E-state index contributed by atoms with van der Waals surface area (Å²) in [6.45, 7) is 0. The second-order valence-corrected chi connectivity index (χ2v) is 3.80. The fourth-order valence-corrected chi connectivity index (χ4v) is 1.53. The predicted octanol–water partition coefficient (Wildman–Crippen LogP) is -2.11. The molecule has 0 saturated heterocycles. The quantitative estimate of drug-likeness (QED) is 0.553. The summed E-state index contributed by atoms with van der Waals surface area (Å²) in [5.74, 6) is -1.28. The molecule has 17 heavy (non-hydrogen) atoms. The van der Waals surface area contributed by atoms with Gasteiger partial charge in [0.1, 0.15) is 0 Å². The number of carbonyl (C=O) groups excluding carboxylic acids is 1. The monoisotopic (exact) mass is 237 g/mol. The molecule has 1 aromatic rings. The van der Waals surface area contributed by atoms with E-state index in [2.05, 4.69) is 4.98 Å². The van der Waals surface area contributed by atoms with Crippen molar-refractivity contribution in [3.63, 3.8) is 0 Å². The molecular formula is C10H7F3LiNO2. The van der Waals surface area contributed by atoms with Gasteiger partial charge in [0.25, 0.3) is 0 Å². The van der Waals surface area contributed by atoms with Crippen LogP contribution < -0.4 is 24.0 Å². The van der Waals surface area contributed by atoms with Crippen molar-refractivity contribution < 1.29 is 41.9 Å². The zero-order valence-electron chi connectivity index (χ0n) is 9.04. The fourth-order valence-electron chi connectivity index (χ4n) is 1.53. The normalized spacial score (nSPS) is 17.1. The number of nitrogens with zero attached hydrogens (tertiary/aromatic N) is 1. The van der Waals surface area contributed by atoms with Gasteiger partial charge in [-0.25, -0.2) is 0 Å². The standard InChI is InChI=1S/C10H8F3NO2.Li/c11-10(12,13)6-1-2-7(14-5-6)9(3-4-9)8(15)16;/h1-2,5H,3-4H2,(H,15,16);/q;+1/p-1. The Kier molecular flexibility index (Phi) is 3.60. The first-order valence-corrected chi connectivity index (χ1v) is 4.61. The van der Waals surface area contributed by atoms with Crippen molar-refractivity contribution in [3.8, 4) is 0 Å². The summed E-state index contributed by atoms with van der Waals surface area (Å²) in [5, 5.41) is 10.8. The van der Waals surface area contributed by atoms with Crippen LogP contribution in [0.25, 0.3) is 0 Å². The van der Waals surface area contributed by atoms with Gasteiger partial charge in [-0.3, -0.25) is 4.98 Å². The first kappa shape index (κ1) is 14.1. The number of hydrogen-bond acceptors (Lipinski definition) is 3. The second kappa shape index (κ2) is 4.35. The number of carbonyl (C=O) groups is 1. The van der Waals surface area contributed by atoms with E-state index >= 15 is 0 Å². The van der Waals surface area contributed by atoms with Gasteiger partial charge in [-0.05, 0) is 25.0 Å². The van der Waals surface area contributed by atoms with Gasteiger partial charge < -0.3 is 9.90 Å². The molecule has 1 saturated carbocycles. The van der Waals surface area contributed by atoms with Crippen LogP contribution >= 0.6 is 0 Å². The Hall–Kier alpha value is -0.993. The molecule has 0 aliphatic heterocycles. The summed E-state index contributed by atoms with van der Waals surface area (Å²) < 4.78 is 36.7. The van der Waals surface area contributed by atoms with Gasteiger partial charge in [-0.15, -0.1) is 0 Å². The van der Waals surface area contributed by atoms with E-state index in [4.69, 9.17) is 0 Å². The molecule has 1 fully saturated rings. The maximum atomic E-state index is 12.2. The molecule has 1 aliphatic carbocycles. The van der Waals surface area contributed by atoms with E-state index < -0.39 is 23.1 Å². The fraction of sp³-hybridized carbons (Fsp3) is 0.400. The van der Waals surface area contributed by atoms with Crippen LogP contribution in [0.1, 0.15) is 24.1 Å². The van der Waals surface area contributed by atoms with Crippen LogP contribution in [-0.4, -0.2) is 11.0 Å². The Morgan fingerprint density at radius 1 is 1.35 bits per heavy atom. The Bertz CT molecular complexity index is 426. The van der Waals surface area contributed by atoms with E-state index in [9.17, 15) is 23.1 Å². The molecule has 1 aromatic heterocycles. The molecule has 7 heteroatoms. The van der Waals surface area contributed by atoms with Gasteiger partial charge in [-0.2, -0.15) is 13.2 Å². The number of halogens is 3. The summed E-state index contributed by atoms with van der Waals surface area (Å²) in [4.78, 5) is 14.4. The largest absolute Gasteiger partial charge is 1.00 e. The maximum Gasteiger partial charge on any atom is 1.00 e. The second-order valence-electron chi connectivity index (χ2n) is 3.80. The van der Waals surface area contributed by atoms with Crippen LogP contribution in [0.2, 0.25) is 0 Å². The molecule has 0 N–H and O–H groups in total. The Morgan fingerprint density at radius 2 is 1.94 bits per heavy atom. The molecule has 3 nitrogen and oxygen atoms in total. The number of carboxylic acid groups (broad SMARTS) is 1. The molecular weight excluding hydrogens is 230 g/mol. The molecule has 0 aromatic carbocycles. The van der Waals surface area contributed by atoms with Crippen molar-refractivity contribution in [2.24, 2.45) is 0 Å².